The van der Waals surface area contributed by atoms with Crippen molar-refractivity contribution in [3.8, 4) is 0 Å². The van der Waals surface area contributed by atoms with Gasteiger partial charge in [-0.3, -0.25) is 9.59 Å². The summed E-state index contributed by atoms with van der Waals surface area (Å²) in [5.74, 6) is 0.400. The number of aryl methyl sites for hydroxylation is 1. The smallest absolute Gasteiger partial charge is 0.229 e. The highest BCUT2D eigenvalue weighted by atomic mass is 16.2. The van der Waals surface area contributed by atoms with Gasteiger partial charge in [-0.15, -0.1) is 0 Å². The van der Waals surface area contributed by atoms with Crippen LogP contribution in [0.4, 0.5) is 5.69 Å². The van der Waals surface area contributed by atoms with Crippen molar-refractivity contribution >= 4 is 17.5 Å². The number of benzene rings is 1. The molecule has 1 heterocycles. The topological polar surface area (TPSA) is 49.4 Å². The molecule has 4 heteroatoms. The molecule has 0 aromatic heterocycles. The van der Waals surface area contributed by atoms with Gasteiger partial charge < -0.3 is 10.2 Å². The molecule has 2 fully saturated rings. The highest BCUT2D eigenvalue weighted by Gasteiger charge is 2.35. The van der Waals surface area contributed by atoms with Crippen LogP contribution >= 0.6 is 0 Å². The molecule has 0 spiro atoms. The summed E-state index contributed by atoms with van der Waals surface area (Å²) >= 11 is 0. The van der Waals surface area contributed by atoms with Gasteiger partial charge in [0.1, 0.15) is 0 Å². The quantitative estimate of drug-likeness (QED) is 0.895. The molecule has 1 N–H and O–H groups in total. The highest BCUT2D eigenvalue weighted by molar-refractivity contribution is 5.97. The minimum Gasteiger partial charge on any atom is -0.351 e. The van der Waals surface area contributed by atoms with E-state index in [9.17, 15) is 9.59 Å². The minimum atomic E-state index is -0.0399. The van der Waals surface area contributed by atoms with Gasteiger partial charge in [0, 0.05) is 24.6 Å². The Morgan fingerprint density at radius 1 is 1.26 bits per heavy atom. The first-order valence-corrected chi connectivity index (χ1v) is 6.81. The minimum absolute atomic E-state index is 0.0399. The van der Waals surface area contributed by atoms with Crippen LogP contribution in [0.2, 0.25) is 0 Å². The van der Waals surface area contributed by atoms with Crippen LogP contribution < -0.4 is 10.2 Å². The predicted molar refractivity (Wildman–Crippen MR) is 72.8 cm³/mol. The van der Waals surface area contributed by atoms with Gasteiger partial charge in [0.05, 0.1) is 6.04 Å². The second kappa shape index (κ2) is 4.68. The third kappa shape index (κ3) is 2.62. The number of hydrogen-bond donors (Lipinski definition) is 1. The maximum atomic E-state index is 12.0. The summed E-state index contributed by atoms with van der Waals surface area (Å²) in [6, 6.07) is 7.87. The Balaban J connectivity index is 1.65. The SMILES string of the molecule is Cc1ccc(N2CC(NC(=O)C3CC3)CC2=O)cc1. The number of carbonyl (C=O) groups is 2. The lowest BCUT2D eigenvalue weighted by Gasteiger charge is -2.17. The second-order valence-electron chi connectivity index (χ2n) is 5.52. The number of hydrogen-bond acceptors (Lipinski definition) is 2. The molecule has 2 aliphatic rings. The fourth-order valence-electron chi connectivity index (χ4n) is 2.44. The predicted octanol–water partition coefficient (Wildman–Crippen LogP) is 1.63. The summed E-state index contributed by atoms with van der Waals surface area (Å²) in [5, 5.41) is 2.98. The van der Waals surface area contributed by atoms with E-state index in [-0.39, 0.29) is 23.8 Å². The highest BCUT2D eigenvalue weighted by Crippen LogP contribution is 2.29. The van der Waals surface area contributed by atoms with E-state index in [0.717, 1.165) is 18.5 Å². The lowest BCUT2D eigenvalue weighted by atomic mass is 10.2. The van der Waals surface area contributed by atoms with Crippen LogP contribution in [-0.2, 0) is 9.59 Å². The first-order chi connectivity index (χ1) is 9.13. The van der Waals surface area contributed by atoms with Crippen LogP contribution in [-0.4, -0.2) is 24.4 Å². The molecule has 1 aromatic carbocycles. The second-order valence-corrected chi connectivity index (χ2v) is 5.52. The maximum absolute atomic E-state index is 12.0. The van der Waals surface area contributed by atoms with E-state index >= 15 is 0 Å². The Bertz CT molecular complexity index is 505. The number of nitrogens with zero attached hydrogens (tertiary/aromatic N) is 1. The van der Waals surface area contributed by atoms with Crippen molar-refractivity contribution in [2.45, 2.75) is 32.2 Å². The van der Waals surface area contributed by atoms with Crippen molar-refractivity contribution in [1.82, 2.24) is 5.32 Å². The summed E-state index contributed by atoms with van der Waals surface area (Å²) < 4.78 is 0. The van der Waals surface area contributed by atoms with Gasteiger partial charge in [-0.05, 0) is 31.9 Å². The normalized spacial score (nSPS) is 22.7. The average molecular weight is 258 g/mol. The number of anilines is 1. The Morgan fingerprint density at radius 3 is 2.58 bits per heavy atom. The molecular formula is C15H18N2O2. The fraction of sp³-hybridized carbons (Fsp3) is 0.467. The van der Waals surface area contributed by atoms with E-state index in [4.69, 9.17) is 0 Å². The summed E-state index contributed by atoms with van der Waals surface area (Å²) in [7, 11) is 0. The zero-order valence-electron chi connectivity index (χ0n) is 11.1. The van der Waals surface area contributed by atoms with E-state index < -0.39 is 0 Å². The van der Waals surface area contributed by atoms with E-state index in [1.165, 1.54) is 5.56 Å². The van der Waals surface area contributed by atoms with Gasteiger partial charge >= 0.3 is 0 Å². The van der Waals surface area contributed by atoms with E-state index in [1.807, 2.05) is 31.2 Å². The number of amides is 2. The van der Waals surface area contributed by atoms with Crippen molar-refractivity contribution < 1.29 is 9.59 Å². The van der Waals surface area contributed by atoms with Crippen molar-refractivity contribution in [2.75, 3.05) is 11.4 Å². The fourth-order valence-corrected chi connectivity index (χ4v) is 2.44. The molecule has 1 aromatic rings. The summed E-state index contributed by atoms with van der Waals surface area (Å²) in [4.78, 5) is 25.5. The summed E-state index contributed by atoms with van der Waals surface area (Å²) in [6.07, 6.45) is 2.40. The third-order valence-corrected chi connectivity index (χ3v) is 3.77. The van der Waals surface area contributed by atoms with Gasteiger partial charge in [-0.25, -0.2) is 0 Å². The number of rotatable bonds is 3. The lowest BCUT2D eigenvalue weighted by Crippen LogP contribution is -2.37. The molecule has 4 nitrogen and oxygen atoms in total. The van der Waals surface area contributed by atoms with Gasteiger partial charge in [-0.2, -0.15) is 0 Å². The molecule has 3 rings (SSSR count). The molecule has 1 aliphatic heterocycles. The van der Waals surface area contributed by atoms with Gasteiger partial charge in [-0.1, -0.05) is 17.7 Å². The molecule has 2 amide bonds. The van der Waals surface area contributed by atoms with E-state index in [2.05, 4.69) is 5.32 Å². The number of carbonyl (C=O) groups excluding carboxylic acids is 2. The van der Waals surface area contributed by atoms with Crippen LogP contribution in [0, 0.1) is 12.8 Å². The molecule has 1 unspecified atom stereocenters. The van der Waals surface area contributed by atoms with Crippen molar-refractivity contribution in [2.24, 2.45) is 5.92 Å². The van der Waals surface area contributed by atoms with Crippen LogP contribution in [0.1, 0.15) is 24.8 Å². The number of nitrogens with one attached hydrogen (secondary N) is 1. The molecule has 1 saturated heterocycles. The molecule has 0 bridgehead atoms. The average Bonchev–Trinajstić information content (AvgIpc) is 3.16. The first kappa shape index (κ1) is 12.2. The van der Waals surface area contributed by atoms with Crippen molar-refractivity contribution in [1.29, 1.82) is 0 Å². The van der Waals surface area contributed by atoms with Gasteiger partial charge in [0.15, 0.2) is 0 Å². The molecule has 1 atom stereocenters. The molecular weight excluding hydrogens is 240 g/mol. The monoisotopic (exact) mass is 258 g/mol. The van der Waals surface area contributed by atoms with Crippen LogP contribution in [0.5, 0.6) is 0 Å². The largest absolute Gasteiger partial charge is 0.351 e. The zero-order chi connectivity index (χ0) is 13.4. The molecule has 1 saturated carbocycles. The lowest BCUT2D eigenvalue weighted by molar-refractivity contribution is -0.122. The Kier molecular flexibility index (Phi) is 3.01. The summed E-state index contributed by atoms with van der Waals surface area (Å²) in [6.45, 7) is 2.61. The van der Waals surface area contributed by atoms with E-state index in [1.54, 1.807) is 4.90 Å². The Hall–Kier alpha value is -1.84. The van der Waals surface area contributed by atoms with Gasteiger partial charge in [0.25, 0.3) is 0 Å². The molecule has 0 radical (unpaired) electrons. The molecule has 100 valence electrons. The standard InChI is InChI=1S/C15H18N2O2/c1-10-2-6-13(7-3-10)17-9-12(8-14(17)18)16-15(19)11-4-5-11/h2-3,6-7,11-12H,4-5,8-9H2,1H3,(H,16,19). The molecule has 1 aliphatic carbocycles. The first-order valence-electron chi connectivity index (χ1n) is 6.81. The van der Waals surface area contributed by atoms with Gasteiger partial charge in [0.2, 0.25) is 11.8 Å². The van der Waals surface area contributed by atoms with E-state index in [0.29, 0.717) is 13.0 Å². The van der Waals surface area contributed by atoms with Crippen LogP contribution in [0.25, 0.3) is 0 Å². The van der Waals surface area contributed by atoms with Crippen LogP contribution in [0.3, 0.4) is 0 Å². The summed E-state index contributed by atoms with van der Waals surface area (Å²) in [5.41, 5.74) is 2.09. The van der Waals surface area contributed by atoms with Crippen molar-refractivity contribution in [3.05, 3.63) is 29.8 Å². The Morgan fingerprint density at radius 2 is 1.95 bits per heavy atom. The zero-order valence-corrected chi connectivity index (χ0v) is 11.1. The molecule has 19 heavy (non-hydrogen) atoms. The third-order valence-electron chi connectivity index (χ3n) is 3.77. The van der Waals surface area contributed by atoms with Crippen LogP contribution in [0.15, 0.2) is 24.3 Å². The maximum Gasteiger partial charge on any atom is 0.229 e. The Labute approximate surface area is 112 Å². The van der Waals surface area contributed by atoms with Crippen molar-refractivity contribution in [3.63, 3.8) is 0 Å².